The molecule has 0 bridgehead atoms. The number of hydrogen-bond acceptors (Lipinski definition) is 6. The molecule has 7 nitrogen and oxygen atoms in total. The Morgan fingerprint density at radius 2 is 2.16 bits per heavy atom. The second-order valence-corrected chi connectivity index (χ2v) is 6.52. The smallest absolute Gasteiger partial charge is 0.312 e. The van der Waals surface area contributed by atoms with E-state index < -0.39 is 25.5 Å². The number of nitrogen functional groups attached to an aromatic ring is 1. The fourth-order valence-electron chi connectivity index (χ4n) is 1.56. The van der Waals surface area contributed by atoms with Crippen molar-refractivity contribution in [3.8, 4) is 0 Å². The van der Waals surface area contributed by atoms with Crippen molar-refractivity contribution in [1.29, 1.82) is 0 Å². The number of rotatable bonds is 6. The number of para-hydroxylation sites is 1. The molecule has 3 N–H and O–H groups in total. The third-order valence-corrected chi connectivity index (χ3v) is 4.73. The largest absolute Gasteiger partial charge is 0.393 e. The summed E-state index contributed by atoms with van der Waals surface area (Å²) in [6.07, 6.45) is 1.84. The summed E-state index contributed by atoms with van der Waals surface area (Å²) in [5.74, 6) is 0.565. The van der Waals surface area contributed by atoms with Gasteiger partial charge in [-0.1, -0.05) is 6.07 Å². The van der Waals surface area contributed by atoms with Crippen LogP contribution in [0.4, 0.5) is 11.4 Å². The molecule has 0 aliphatic rings. The van der Waals surface area contributed by atoms with Gasteiger partial charge in [-0.05, 0) is 25.3 Å². The number of nitrogens with two attached hydrogens (primary N) is 1. The first kappa shape index (κ1) is 15.7. The first-order valence-corrected chi connectivity index (χ1v) is 8.21. The van der Waals surface area contributed by atoms with Crippen LogP contribution in [-0.4, -0.2) is 31.4 Å². The first-order chi connectivity index (χ1) is 8.79. The predicted octanol–water partition coefficient (Wildman–Crippen LogP) is 1.21. The van der Waals surface area contributed by atoms with E-state index in [9.17, 15) is 18.5 Å². The summed E-state index contributed by atoms with van der Waals surface area (Å²) in [4.78, 5) is 9.73. The third kappa shape index (κ3) is 3.82. The Hall–Kier alpha value is -1.32. The molecule has 19 heavy (non-hydrogen) atoms. The van der Waals surface area contributed by atoms with Crippen LogP contribution in [0.3, 0.4) is 0 Å². The number of hydrogen-bond donors (Lipinski definition) is 2. The van der Waals surface area contributed by atoms with Gasteiger partial charge in [-0.3, -0.25) is 10.1 Å². The number of sulfonamides is 1. The summed E-state index contributed by atoms with van der Waals surface area (Å²) in [6.45, 7) is 1.69. The van der Waals surface area contributed by atoms with E-state index in [1.54, 1.807) is 6.92 Å². The number of anilines is 1. The molecule has 0 amide bonds. The van der Waals surface area contributed by atoms with Crippen LogP contribution in [0.15, 0.2) is 23.1 Å². The van der Waals surface area contributed by atoms with Gasteiger partial charge in [-0.2, -0.15) is 11.8 Å². The zero-order valence-corrected chi connectivity index (χ0v) is 12.1. The van der Waals surface area contributed by atoms with Crippen molar-refractivity contribution in [3.63, 3.8) is 0 Å². The summed E-state index contributed by atoms with van der Waals surface area (Å²) >= 11 is 1.47. The maximum absolute atomic E-state index is 12.1. The van der Waals surface area contributed by atoms with Crippen LogP contribution in [0.5, 0.6) is 0 Å². The van der Waals surface area contributed by atoms with Gasteiger partial charge in [0.25, 0.3) is 0 Å². The minimum absolute atomic E-state index is 0.176. The van der Waals surface area contributed by atoms with E-state index in [0.29, 0.717) is 5.75 Å². The highest BCUT2D eigenvalue weighted by molar-refractivity contribution is 7.98. The van der Waals surface area contributed by atoms with Crippen LogP contribution < -0.4 is 10.5 Å². The van der Waals surface area contributed by atoms with Gasteiger partial charge in [-0.25, -0.2) is 13.1 Å². The number of nitro benzene ring substituents is 1. The summed E-state index contributed by atoms with van der Waals surface area (Å²) in [6, 6.07) is 3.50. The molecule has 0 aliphatic heterocycles. The van der Waals surface area contributed by atoms with Gasteiger partial charge in [0.05, 0.1) is 4.92 Å². The maximum Gasteiger partial charge on any atom is 0.312 e. The fraction of sp³-hybridized carbons (Fsp3) is 0.400. The van der Waals surface area contributed by atoms with E-state index in [0.717, 1.165) is 0 Å². The second-order valence-electron chi connectivity index (χ2n) is 3.93. The SMILES string of the molecule is CSCC(C)NS(=O)(=O)c1cccc(N)c1[N+](=O)[O-]. The Kier molecular flexibility index (Phi) is 5.15. The molecule has 0 aliphatic carbocycles. The van der Waals surface area contributed by atoms with Gasteiger partial charge in [0.1, 0.15) is 5.69 Å². The molecule has 106 valence electrons. The Labute approximate surface area is 115 Å². The van der Waals surface area contributed by atoms with Crippen molar-refractivity contribution in [3.05, 3.63) is 28.3 Å². The molecule has 1 aromatic rings. The van der Waals surface area contributed by atoms with Crippen LogP contribution in [-0.2, 0) is 10.0 Å². The predicted molar refractivity (Wildman–Crippen MR) is 75.7 cm³/mol. The van der Waals surface area contributed by atoms with Crippen molar-refractivity contribution in [1.82, 2.24) is 4.72 Å². The molecule has 0 fully saturated rings. The summed E-state index contributed by atoms with van der Waals surface area (Å²) in [5, 5.41) is 10.9. The molecule has 0 heterocycles. The van der Waals surface area contributed by atoms with Crippen molar-refractivity contribution in [2.24, 2.45) is 0 Å². The van der Waals surface area contributed by atoms with Crippen molar-refractivity contribution < 1.29 is 13.3 Å². The quantitative estimate of drug-likeness (QED) is 0.463. The van der Waals surface area contributed by atoms with Crippen LogP contribution in [0, 0.1) is 10.1 Å². The molecule has 0 spiro atoms. The lowest BCUT2D eigenvalue weighted by molar-refractivity contribution is -0.386. The maximum atomic E-state index is 12.1. The molecule has 0 aromatic heterocycles. The molecular weight excluding hydrogens is 290 g/mol. The van der Waals surface area contributed by atoms with Gasteiger partial charge in [0, 0.05) is 11.8 Å². The molecule has 0 saturated heterocycles. The van der Waals surface area contributed by atoms with E-state index in [2.05, 4.69) is 4.72 Å². The van der Waals surface area contributed by atoms with Crippen LogP contribution in [0.2, 0.25) is 0 Å². The van der Waals surface area contributed by atoms with Gasteiger partial charge in [0.15, 0.2) is 4.90 Å². The zero-order chi connectivity index (χ0) is 14.6. The van der Waals surface area contributed by atoms with Crippen LogP contribution in [0.1, 0.15) is 6.92 Å². The number of thioether (sulfide) groups is 1. The van der Waals surface area contributed by atoms with E-state index in [1.165, 1.54) is 30.0 Å². The minimum atomic E-state index is -3.96. The number of benzene rings is 1. The van der Waals surface area contributed by atoms with Crippen molar-refractivity contribution in [2.75, 3.05) is 17.7 Å². The van der Waals surface area contributed by atoms with Gasteiger partial charge in [-0.15, -0.1) is 0 Å². The molecule has 0 radical (unpaired) electrons. The molecule has 1 unspecified atom stereocenters. The molecule has 9 heteroatoms. The summed E-state index contributed by atoms with van der Waals surface area (Å²) in [5.41, 5.74) is 4.70. The highest BCUT2D eigenvalue weighted by Crippen LogP contribution is 2.29. The lowest BCUT2D eigenvalue weighted by Crippen LogP contribution is -2.34. The number of nitrogens with one attached hydrogen (secondary N) is 1. The minimum Gasteiger partial charge on any atom is -0.393 e. The topological polar surface area (TPSA) is 115 Å². The van der Waals surface area contributed by atoms with Crippen molar-refractivity contribution >= 4 is 33.2 Å². The van der Waals surface area contributed by atoms with Gasteiger partial charge in [0.2, 0.25) is 10.0 Å². The third-order valence-electron chi connectivity index (χ3n) is 2.28. The Morgan fingerprint density at radius 3 is 2.68 bits per heavy atom. The standard InChI is InChI=1S/C10H15N3O4S2/c1-7(6-18-2)12-19(16,17)9-5-3-4-8(11)10(9)13(14)15/h3-5,7,12H,6,11H2,1-2H3. The van der Waals surface area contributed by atoms with Gasteiger partial charge >= 0.3 is 5.69 Å². The second kappa shape index (κ2) is 6.22. The van der Waals surface area contributed by atoms with E-state index in [4.69, 9.17) is 5.73 Å². The lowest BCUT2D eigenvalue weighted by Gasteiger charge is -2.13. The molecule has 1 rings (SSSR count). The molecular formula is C10H15N3O4S2. The normalized spacial score (nSPS) is 13.2. The highest BCUT2D eigenvalue weighted by Gasteiger charge is 2.28. The fourth-order valence-corrected chi connectivity index (χ4v) is 3.70. The molecule has 0 saturated carbocycles. The molecule has 1 atom stereocenters. The Bertz CT molecular complexity index is 574. The van der Waals surface area contributed by atoms with E-state index in [-0.39, 0.29) is 11.7 Å². The lowest BCUT2D eigenvalue weighted by atomic mass is 10.3. The van der Waals surface area contributed by atoms with Crippen LogP contribution >= 0.6 is 11.8 Å². The summed E-state index contributed by atoms with van der Waals surface area (Å²) < 4.78 is 26.6. The van der Waals surface area contributed by atoms with Gasteiger partial charge < -0.3 is 5.73 Å². The van der Waals surface area contributed by atoms with E-state index in [1.807, 2.05) is 6.26 Å². The summed E-state index contributed by atoms with van der Waals surface area (Å²) in [7, 11) is -3.96. The average Bonchev–Trinajstić information content (AvgIpc) is 2.27. The van der Waals surface area contributed by atoms with E-state index >= 15 is 0 Å². The Morgan fingerprint density at radius 1 is 1.53 bits per heavy atom. The Balaban J connectivity index is 3.22. The molecule has 1 aromatic carbocycles. The highest BCUT2D eigenvalue weighted by atomic mass is 32.2. The first-order valence-electron chi connectivity index (χ1n) is 5.33. The monoisotopic (exact) mass is 305 g/mol. The van der Waals surface area contributed by atoms with Crippen LogP contribution in [0.25, 0.3) is 0 Å². The van der Waals surface area contributed by atoms with Crippen molar-refractivity contribution in [2.45, 2.75) is 17.9 Å². The number of nitrogens with zero attached hydrogens (tertiary/aromatic N) is 1. The number of nitro groups is 1. The zero-order valence-electron chi connectivity index (χ0n) is 10.5. The average molecular weight is 305 g/mol.